The maximum Gasteiger partial charge on any atom is 0.161 e. The second-order valence-corrected chi connectivity index (χ2v) is 8.11. The highest BCUT2D eigenvalue weighted by atomic mass is 16.5. The predicted molar refractivity (Wildman–Crippen MR) is 126 cm³/mol. The Morgan fingerprint density at radius 3 is 2.03 bits per heavy atom. The molecular formula is C27H31NO4. The molecule has 0 N–H and O–H groups in total. The molecule has 168 valence electrons. The van der Waals surface area contributed by atoms with E-state index in [9.17, 15) is 0 Å². The zero-order valence-electron chi connectivity index (χ0n) is 19.4. The molecule has 1 heterocycles. The summed E-state index contributed by atoms with van der Waals surface area (Å²) < 4.78 is 22.2. The molecule has 5 heteroatoms. The van der Waals surface area contributed by atoms with Crippen LogP contribution in [0, 0.1) is 0 Å². The van der Waals surface area contributed by atoms with Gasteiger partial charge in [-0.15, -0.1) is 0 Å². The molecule has 0 amide bonds. The first-order chi connectivity index (χ1) is 15.6. The summed E-state index contributed by atoms with van der Waals surface area (Å²) in [7, 11) is 8.92. The normalized spacial score (nSPS) is 18.0. The fourth-order valence-electron chi connectivity index (χ4n) is 4.73. The Labute approximate surface area is 190 Å². The molecule has 0 bridgehead atoms. The second-order valence-electron chi connectivity index (χ2n) is 8.11. The summed E-state index contributed by atoms with van der Waals surface area (Å²) in [4.78, 5) is 2.47. The highest BCUT2D eigenvalue weighted by Crippen LogP contribution is 2.45. The van der Waals surface area contributed by atoms with E-state index in [1.165, 1.54) is 22.3 Å². The average Bonchev–Trinajstić information content (AvgIpc) is 2.85. The Hall–Kier alpha value is -3.18. The molecule has 2 unspecified atom stereocenters. The molecule has 0 aromatic heterocycles. The summed E-state index contributed by atoms with van der Waals surface area (Å²) in [5.41, 5.74) is 5.06. The minimum atomic E-state index is 0.168. The van der Waals surface area contributed by atoms with Crippen LogP contribution in [-0.2, 0) is 12.8 Å². The number of hydrogen-bond donors (Lipinski definition) is 0. The van der Waals surface area contributed by atoms with E-state index in [1.54, 1.807) is 28.4 Å². The summed E-state index contributed by atoms with van der Waals surface area (Å²) in [6, 6.07) is 21.6. The van der Waals surface area contributed by atoms with Crippen molar-refractivity contribution in [1.29, 1.82) is 0 Å². The van der Waals surface area contributed by atoms with Crippen LogP contribution in [0.2, 0.25) is 0 Å². The van der Waals surface area contributed by atoms with E-state index in [4.69, 9.17) is 18.9 Å². The van der Waals surface area contributed by atoms with Gasteiger partial charge in [0.1, 0.15) is 0 Å². The van der Waals surface area contributed by atoms with Crippen LogP contribution in [0.1, 0.15) is 34.3 Å². The third-order valence-corrected chi connectivity index (χ3v) is 6.46. The second kappa shape index (κ2) is 9.53. The minimum absolute atomic E-state index is 0.168. The van der Waals surface area contributed by atoms with Gasteiger partial charge in [0.2, 0.25) is 0 Å². The number of likely N-dealkylation sites (N-methyl/N-ethyl adjacent to an activating group) is 1. The van der Waals surface area contributed by atoms with Gasteiger partial charge in [-0.1, -0.05) is 36.4 Å². The van der Waals surface area contributed by atoms with Crippen molar-refractivity contribution in [3.8, 4) is 23.0 Å². The van der Waals surface area contributed by atoms with Gasteiger partial charge in [0.05, 0.1) is 28.4 Å². The first-order valence-corrected chi connectivity index (χ1v) is 10.8. The Morgan fingerprint density at radius 1 is 0.750 bits per heavy atom. The third-order valence-electron chi connectivity index (χ3n) is 6.46. The van der Waals surface area contributed by atoms with Crippen LogP contribution in [0.5, 0.6) is 23.0 Å². The molecular weight excluding hydrogens is 402 g/mol. The number of benzene rings is 3. The minimum Gasteiger partial charge on any atom is -0.493 e. The zero-order valence-corrected chi connectivity index (χ0v) is 19.4. The number of hydrogen-bond acceptors (Lipinski definition) is 5. The summed E-state index contributed by atoms with van der Waals surface area (Å²) in [5.74, 6) is 3.01. The highest BCUT2D eigenvalue weighted by molar-refractivity contribution is 5.51. The van der Waals surface area contributed by atoms with Gasteiger partial charge in [-0.25, -0.2) is 0 Å². The van der Waals surface area contributed by atoms with Crippen molar-refractivity contribution < 1.29 is 18.9 Å². The molecule has 0 fully saturated rings. The van der Waals surface area contributed by atoms with Gasteiger partial charge in [0, 0.05) is 12.1 Å². The molecule has 0 spiro atoms. The van der Waals surface area contributed by atoms with Gasteiger partial charge in [0.15, 0.2) is 23.0 Å². The Kier molecular flexibility index (Phi) is 6.56. The quantitative estimate of drug-likeness (QED) is 0.510. The Morgan fingerprint density at radius 2 is 1.38 bits per heavy atom. The van der Waals surface area contributed by atoms with Crippen LogP contribution in [0.15, 0.2) is 60.7 Å². The van der Waals surface area contributed by atoms with Gasteiger partial charge < -0.3 is 18.9 Å². The molecule has 0 aliphatic carbocycles. The molecule has 3 aromatic rings. The largest absolute Gasteiger partial charge is 0.493 e. The summed E-state index contributed by atoms with van der Waals surface area (Å²) >= 11 is 0. The number of methoxy groups -OCH3 is 4. The molecule has 0 saturated heterocycles. The van der Waals surface area contributed by atoms with Crippen molar-refractivity contribution in [2.24, 2.45) is 0 Å². The van der Waals surface area contributed by atoms with Crippen LogP contribution in [0.25, 0.3) is 0 Å². The van der Waals surface area contributed by atoms with Gasteiger partial charge in [-0.2, -0.15) is 0 Å². The van der Waals surface area contributed by atoms with Crippen LogP contribution >= 0.6 is 0 Å². The lowest BCUT2D eigenvalue weighted by molar-refractivity contribution is 0.153. The van der Waals surface area contributed by atoms with Crippen LogP contribution in [0.3, 0.4) is 0 Å². The molecule has 32 heavy (non-hydrogen) atoms. The van der Waals surface area contributed by atoms with Crippen molar-refractivity contribution in [2.45, 2.75) is 24.9 Å². The van der Waals surface area contributed by atoms with E-state index >= 15 is 0 Å². The molecule has 1 aliphatic heterocycles. The summed E-state index contributed by atoms with van der Waals surface area (Å²) in [6.07, 6.45) is 1.75. The van der Waals surface area contributed by atoms with Gasteiger partial charge in [-0.3, -0.25) is 4.90 Å². The predicted octanol–water partition coefficient (Wildman–Crippen LogP) is 5.23. The number of fused-ring (bicyclic) bond motifs is 1. The van der Waals surface area contributed by atoms with Crippen LogP contribution < -0.4 is 18.9 Å². The van der Waals surface area contributed by atoms with E-state index in [0.717, 1.165) is 35.8 Å². The number of rotatable bonds is 7. The lowest BCUT2D eigenvalue weighted by Gasteiger charge is -2.42. The third kappa shape index (κ3) is 4.13. The maximum atomic E-state index is 5.63. The summed E-state index contributed by atoms with van der Waals surface area (Å²) in [5, 5.41) is 0. The van der Waals surface area contributed by atoms with Crippen LogP contribution in [0.4, 0.5) is 0 Å². The topological polar surface area (TPSA) is 40.2 Å². The fourth-order valence-corrected chi connectivity index (χ4v) is 4.73. The van der Waals surface area contributed by atoms with E-state index in [2.05, 4.69) is 66.5 Å². The molecule has 4 rings (SSSR count). The van der Waals surface area contributed by atoms with Crippen molar-refractivity contribution in [3.63, 3.8) is 0 Å². The van der Waals surface area contributed by atoms with Crippen molar-refractivity contribution in [2.75, 3.05) is 35.5 Å². The van der Waals surface area contributed by atoms with E-state index < -0.39 is 0 Å². The molecule has 5 nitrogen and oxygen atoms in total. The highest BCUT2D eigenvalue weighted by Gasteiger charge is 2.34. The Balaban J connectivity index is 1.78. The molecule has 3 aromatic carbocycles. The van der Waals surface area contributed by atoms with Crippen molar-refractivity contribution in [1.82, 2.24) is 4.90 Å². The monoisotopic (exact) mass is 433 g/mol. The van der Waals surface area contributed by atoms with E-state index in [1.807, 2.05) is 6.07 Å². The van der Waals surface area contributed by atoms with Crippen molar-refractivity contribution in [3.05, 3.63) is 82.9 Å². The lowest BCUT2D eigenvalue weighted by Crippen LogP contribution is -2.36. The SMILES string of the molecule is COc1ccc(CC2c3cc(OC)c(OC)cc3CC(c3ccccc3)N2C)cc1OC. The maximum absolute atomic E-state index is 5.63. The molecule has 2 atom stereocenters. The fraction of sp³-hybridized carbons (Fsp3) is 0.333. The molecule has 0 saturated carbocycles. The zero-order chi connectivity index (χ0) is 22.7. The van der Waals surface area contributed by atoms with Crippen molar-refractivity contribution >= 4 is 0 Å². The van der Waals surface area contributed by atoms with E-state index in [-0.39, 0.29) is 12.1 Å². The summed E-state index contributed by atoms with van der Waals surface area (Å²) in [6.45, 7) is 0. The van der Waals surface area contributed by atoms with Gasteiger partial charge in [-0.05, 0) is 66.4 Å². The smallest absolute Gasteiger partial charge is 0.161 e. The first-order valence-electron chi connectivity index (χ1n) is 10.8. The number of ether oxygens (including phenoxy) is 4. The average molecular weight is 434 g/mol. The molecule has 0 radical (unpaired) electrons. The molecule has 1 aliphatic rings. The lowest BCUT2D eigenvalue weighted by atomic mass is 9.83. The number of nitrogens with zero attached hydrogens (tertiary/aromatic N) is 1. The van der Waals surface area contributed by atoms with Crippen LogP contribution in [-0.4, -0.2) is 40.4 Å². The van der Waals surface area contributed by atoms with Gasteiger partial charge in [0.25, 0.3) is 0 Å². The van der Waals surface area contributed by atoms with E-state index in [0.29, 0.717) is 0 Å². The van der Waals surface area contributed by atoms with Gasteiger partial charge >= 0.3 is 0 Å². The Bertz CT molecular complexity index is 1070. The standard InChI is InChI=1S/C27H31NO4/c1-28-22(19-9-7-6-8-10-19)15-20-16-26(31-4)27(32-5)17-21(20)23(28)13-18-11-12-24(29-2)25(14-18)30-3/h6-12,14,16-17,22-23H,13,15H2,1-5H3. The first kappa shape index (κ1) is 22.0.